The molecule has 0 amide bonds. The van der Waals surface area contributed by atoms with E-state index in [-0.39, 0.29) is 13.2 Å². The summed E-state index contributed by atoms with van der Waals surface area (Å²) in [5.41, 5.74) is 0. The van der Waals surface area contributed by atoms with E-state index < -0.39 is 24.4 Å². The van der Waals surface area contributed by atoms with Crippen LogP contribution in [0.5, 0.6) is 0 Å². The first-order valence-electron chi connectivity index (χ1n) is 19.3. The van der Waals surface area contributed by atoms with Gasteiger partial charge in [-0.3, -0.25) is 0 Å². The van der Waals surface area contributed by atoms with Crippen molar-refractivity contribution in [3.63, 3.8) is 0 Å². The highest BCUT2D eigenvalue weighted by Gasteiger charge is 2.43. The van der Waals surface area contributed by atoms with Crippen molar-refractivity contribution in [3.05, 3.63) is 0 Å². The minimum atomic E-state index is -0.874. The first-order chi connectivity index (χ1) is 22.0. The molecule has 2 N–H and O–H groups in total. The molecule has 0 spiro atoms. The number of hydrogen-bond donors (Lipinski definition) is 2. The van der Waals surface area contributed by atoms with E-state index in [1.54, 1.807) is 0 Å². The van der Waals surface area contributed by atoms with Crippen LogP contribution in [0.15, 0.2) is 0 Å². The number of unbranched alkanes of at least 4 members (excludes halogenated alkanes) is 24. The molecule has 1 aliphatic heterocycles. The molecule has 0 aromatic heterocycles. The van der Waals surface area contributed by atoms with Gasteiger partial charge in [0.15, 0.2) is 22.3 Å². The molecule has 266 valence electrons. The van der Waals surface area contributed by atoms with Gasteiger partial charge in [-0.15, -0.1) is 0 Å². The Balaban J connectivity index is 2.19. The summed E-state index contributed by atoms with van der Waals surface area (Å²) in [5.74, 6) is 0. The molecule has 1 saturated heterocycles. The van der Waals surface area contributed by atoms with Crippen LogP contribution in [0.25, 0.3) is 0 Å². The molecule has 0 unspecified atom stereocenters. The van der Waals surface area contributed by atoms with Gasteiger partial charge in [0.1, 0.15) is 12.2 Å². The van der Waals surface area contributed by atoms with Gasteiger partial charge in [-0.05, 0) is 37.3 Å². The molecule has 1 fully saturated rings. The molecular formula is C38H72O5S2. The quantitative estimate of drug-likeness (QED) is 0.0561. The van der Waals surface area contributed by atoms with Gasteiger partial charge < -0.3 is 24.4 Å². The van der Waals surface area contributed by atoms with Crippen LogP contribution in [0.4, 0.5) is 0 Å². The van der Waals surface area contributed by atoms with Crippen molar-refractivity contribution >= 4 is 34.5 Å². The Bertz CT molecular complexity index is 691. The predicted octanol–water partition coefficient (Wildman–Crippen LogP) is 11.1. The summed E-state index contributed by atoms with van der Waals surface area (Å²) in [5, 5.41) is 21.6. The maximum atomic E-state index is 10.7. The Labute approximate surface area is 289 Å². The molecule has 4 atom stereocenters. The van der Waals surface area contributed by atoms with E-state index >= 15 is 0 Å². The van der Waals surface area contributed by atoms with Gasteiger partial charge in [-0.25, -0.2) is 0 Å². The Morgan fingerprint density at radius 3 is 1.18 bits per heavy atom. The zero-order chi connectivity index (χ0) is 32.8. The Morgan fingerprint density at radius 1 is 0.533 bits per heavy atom. The van der Waals surface area contributed by atoms with E-state index in [0.717, 1.165) is 25.7 Å². The number of aliphatic hydroxyl groups is 2. The number of rotatable bonds is 31. The van der Waals surface area contributed by atoms with E-state index in [9.17, 15) is 10.2 Å². The largest absolute Gasteiger partial charge is 0.477 e. The molecule has 0 bridgehead atoms. The molecule has 5 nitrogen and oxygen atoms in total. The molecule has 0 aromatic carbocycles. The van der Waals surface area contributed by atoms with Crippen LogP contribution >= 0.6 is 24.4 Å². The number of ether oxygens (including phenoxy) is 3. The molecule has 7 heteroatoms. The van der Waals surface area contributed by atoms with E-state index in [1.165, 1.54) is 141 Å². The second-order valence-corrected chi connectivity index (χ2v) is 14.4. The average molecular weight is 673 g/mol. The summed E-state index contributed by atoms with van der Waals surface area (Å²) in [7, 11) is 0. The summed E-state index contributed by atoms with van der Waals surface area (Å²) < 4.78 is 17.9. The van der Waals surface area contributed by atoms with Crippen LogP contribution in [-0.2, 0) is 14.2 Å². The second kappa shape index (κ2) is 31.0. The molecule has 45 heavy (non-hydrogen) atoms. The molecule has 0 aliphatic carbocycles. The fourth-order valence-electron chi connectivity index (χ4n) is 6.28. The van der Waals surface area contributed by atoms with Gasteiger partial charge in [0.05, 0.1) is 13.2 Å². The standard InChI is InChI=1S/C38H72O5S2/c1-3-5-7-9-11-13-15-17-19-21-23-25-27-29-35(44)42-37-33(40)32-41-34(31-39)38(37)43-36(45)30-28-26-24-22-20-18-16-14-12-10-8-6-4-2/h33-34,37-40H,3-32H2,1-2H3/t33-,34+,37+,38+/m1/s1. The highest BCUT2D eigenvalue weighted by molar-refractivity contribution is 7.80. The Kier molecular flexibility index (Phi) is 29.4. The summed E-state index contributed by atoms with van der Waals surface area (Å²) in [4.78, 5) is 0. The molecule has 0 aromatic rings. The number of hydrogen-bond acceptors (Lipinski definition) is 7. The molecule has 1 aliphatic rings. The van der Waals surface area contributed by atoms with E-state index in [0.29, 0.717) is 22.9 Å². The van der Waals surface area contributed by atoms with Crippen LogP contribution < -0.4 is 0 Å². The first-order valence-corrected chi connectivity index (χ1v) is 20.1. The lowest BCUT2D eigenvalue weighted by Crippen LogP contribution is -2.57. The Hall–Kier alpha value is -0.340. The van der Waals surface area contributed by atoms with Crippen molar-refractivity contribution in [3.8, 4) is 0 Å². The first kappa shape index (κ1) is 42.7. The zero-order valence-corrected chi connectivity index (χ0v) is 31.1. The van der Waals surface area contributed by atoms with Gasteiger partial charge in [0.25, 0.3) is 0 Å². The number of aliphatic hydroxyl groups excluding tert-OH is 2. The molecule has 1 heterocycles. The van der Waals surface area contributed by atoms with Gasteiger partial charge >= 0.3 is 0 Å². The van der Waals surface area contributed by atoms with Crippen LogP contribution in [0.2, 0.25) is 0 Å². The summed E-state index contributed by atoms with van der Waals surface area (Å²) in [6, 6.07) is 0. The third-order valence-corrected chi connectivity index (χ3v) is 9.84. The predicted molar refractivity (Wildman–Crippen MR) is 198 cm³/mol. The zero-order valence-electron chi connectivity index (χ0n) is 29.5. The monoisotopic (exact) mass is 672 g/mol. The van der Waals surface area contributed by atoms with Crippen LogP contribution in [-0.4, -0.2) is 57.9 Å². The normalized spacial score (nSPS) is 19.9. The third-order valence-electron chi connectivity index (χ3n) is 9.23. The van der Waals surface area contributed by atoms with Gasteiger partial charge in [0.2, 0.25) is 0 Å². The lowest BCUT2D eigenvalue weighted by molar-refractivity contribution is -0.185. The highest BCUT2D eigenvalue weighted by atomic mass is 32.1. The van der Waals surface area contributed by atoms with Crippen molar-refractivity contribution in [1.82, 2.24) is 0 Å². The summed E-state index contributed by atoms with van der Waals surface area (Å²) in [6.07, 6.45) is 32.5. The van der Waals surface area contributed by atoms with Crippen molar-refractivity contribution in [2.45, 2.75) is 218 Å². The SMILES string of the molecule is CCCCCCCCCCCCCCCC(=S)O[C@@H]1[C@@H](OC(=S)CCCCCCCCCCCCCCC)[C@H](CO)OC[C@H]1O. The molecule has 0 radical (unpaired) electrons. The third kappa shape index (κ3) is 23.6. The fourth-order valence-corrected chi connectivity index (χ4v) is 6.79. The molecule has 0 saturated carbocycles. The lowest BCUT2D eigenvalue weighted by Gasteiger charge is -2.40. The summed E-state index contributed by atoms with van der Waals surface area (Å²) in [6.45, 7) is 4.41. The smallest absolute Gasteiger partial charge is 0.167 e. The number of thiocarbonyl (C=S) groups is 2. The van der Waals surface area contributed by atoms with Gasteiger partial charge in [0, 0.05) is 12.8 Å². The Morgan fingerprint density at radius 2 is 0.844 bits per heavy atom. The highest BCUT2D eigenvalue weighted by Crippen LogP contribution is 2.24. The summed E-state index contributed by atoms with van der Waals surface area (Å²) >= 11 is 11.1. The van der Waals surface area contributed by atoms with Gasteiger partial charge in [-0.1, -0.05) is 168 Å². The van der Waals surface area contributed by atoms with Crippen molar-refractivity contribution in [1.29, 1.82) is 0 Å². The lowest BCUT2D eigenvalue weighted by atomic mass is 9.99. The van der Waals surface area contributed by atoms with Crippen molar-refractivity contribution < 1.29 is 24.4 Å². The molecule has 1 rings (SSSR count). The minimum absolute atomic E-state index is 0.0860. The topological polar surface area (TPSA) is 68.2 Å². The minimum Gasteiger partial charge on any atom is -0.477 e. The molecular weight excluding hydrogens is 601 g/mol. The average Bonchev–Trinajstić information content (AvgIpc) is 3.03. The maximum Gasteiger partial charge on any atom is 0.167 e. The van der Waals surface area contributed by atoms with Crippen molar-refractivity contribution in [2.75, 3.05) is 13.2 Å². The van der Waals surface area contributed by atoms with E-state index in [1.807, 2.05) is 0 Å². The van der Waals surface area contributed by atoms with Crippen LogP contribution in [0, 0.1) is 0 Å². The second-order valence-electron chi connectivity index (χ2n) is 13.5. The van der Waals surface area contributed by atoms with Crippen LogP contribution in [0.1, 0.15) is 194 Å². The van der Waals surface area contributed by atoms with Crippen LogP contribution in [0.3, 0.4) is 0 Å². The van der Waals surface area contributed by atoms with E-state index in [2.05, 4.69) is 13.8 Å². The van der Waals surface area contributed by atoms with E-state index in [4.69, 9.17) is 38.6 Å². The fraction of sp³-hybridized carbons (Fsp3) is 0.947. The van der Waals surface area contributed by atoms with Gasteiger partial charge in [-0.2, -0.15) is 0 Å². The van der Waals surface area contributed by atoms with Crippen molar-refractivity contribution in [2.24, 2.45) is 0 Å². The maximum absolute atomic E-state index is 10.7.